The number of benzene rings is 2. The van der Waals surface area contributed by atoms with Crippen molar-refractivity contribution in [3.05, 3.63) is 60.7 Å². The highest BCUT2D eigenvalue weighted by atomic mass is 28.4. The van der Waals surface area contributed by atoms with Gasteiger partial charge in [0.05, 0.1) is 31.5 Å². The highest BCUT2D eigenvalue weighted by Gasteiger charge is 2.60. The number of rotatable bonds is 11. The molecule has 2 aromatic carbocycles. The maximum absolute atomic E-state index is 7.60. The molecule has 7 atom stereocenters. The van der Waals surface area contributed by atoms with E-state index >= 15 is 0 Å². The van der Waals surface area contributed by atoms with E-state index in [1.54, 1.807) is 0 Å². The highest BCUT2D eigenvalue weighted by molar-refractivity contribution is 6.99. The second kappa shape index (κ2) is 15.0. The molecule has 296 valence electrons. The molecule has 1 saturated carbocycles. The van der Waals surface area contributed by atoms with Crippen LogP contribution >= 0.6 is 0 Å². The fraction of sp³-hybridized carbons (Fsp3) is 0.721. The summed E-state index contributed by atoms with van der Waals surface area (Å²) in [5, 5.41) is 2.39. The number of ether oxygens (including phenoxy) is 4. The first-order valence-corrected chi connectivity index (χ1v) is 28.1. The Bertz CT molecular complexity index is 1460. The minimum absolute atomic E-state index is 0.00102. The van der Waals surface area contributed by atoms with Gasteiger partial charge in [0, 0.05) is 19.3 Å². The zero-order valence-electron chi connectivity index (χ0n) is 35.1. The Morgan fingerprint density at radius 1 is 0.660 bits per heavy atom. The molecule has 1 spiro atoms. The van der Waals surface area contributed by atoms with Gasteiger partial charge in [-0.05, 0) is 64.5 Å². The van der Waals surface area contributed by atoms with E-state index in [2.05, 4.69) is 149 Å². The molecule has 0 aromatic heterocycles. The zero-order valence-corrected chi connectivity index (χ0v) is 38.1. The summed E-state index contributed by atoms with van der Waals surface area (Å²) >= 11 is 0. The molecule has 53 heavy (non-hydrogen) atoms. The third kappa shape index (κ3) is 8.43. The first kappa shape index (κ1) is 41.4. The molecule has 3 aliphatic heterocycles. The third-order valence-corrected chi connectivity index (χ3v) is 27.4. The number of hydrogen-bond donors (Lipinski definition) is 0. The molecular weight excluding hydrogens is 713 g/mol. The molecule has 2 aromatic rings. The maximum Gasteiger partial charge on any atom is 0.261 e. The van der Waals surface area contributed by atoms with Crippen LogP contribution in [-0.2, 0) is 32.2 Å². The average molecular weight is 783 g/mol. The average Bonchev–Trinajstić information content (AvgIpc) is 3.72. The molecule has 4 aliphatic rings. The van der Waals surface area contributed by atoms with E-state index in [1.807, 2.05) is 0 Å². The van der Waals surface area contributed by atoms with Crippen molar-refractivity contribution in [3.8, 4) is 0 Å². The van der Waals surface area contributed by atoms with Crippen molar-refractivity contribution in [3.63, 3.8) is 0 Å². The predicted molar refractivity (Wildman–Crippen MR) is 222 cm³/mol. The highest BCUT2D eigenvalue weighted by Crippen LogP contribution is 2.49. The van der Waals surface area contributed by atoms with Crippen molar-refractivity contribution >= 4 is 35.3 Å². The van der Waals surface area contributed by atoms with Gasteiger partial charge in [0.2, 0.25) is 0 Å². The van der Waals surface area contributed by atoms with Gasteiger partial charge in [-0.3, -0.25) is 0 Å². The summed E-state index contributed by atoms with van der Waals surface area (Å²) in [7, 11) is -7.36. The molecule has 4 fully saturated rings. The lowest BCUT2D eigenvalue weighted by Gasteiger charge is -2.51. The van der Waals surface area contributed by atoms with Crippen LogP contribution in [0.2, 0.25) is 41.3 Å². The van der Waals surface area contributed by atoms with Gasteiger partial charge in [-0.2, -0.15) is 0 Å². The van der Waals surface area contributed by atoms with E-state index in [0.717, 1.165) is 32.1 Å². The van der Waals surface area contributed by atoms with Gasteiger partial charge in [0.25, 0.3) is 8.32 Å². The minimum atomic E-state index is -2.85. The van der Waals surface area contributed by atoms with E-state index in [-0.39, 0.29) is 45.6 Å². The smallest absolute Gasteiger partial charge is 0.261 e. The molecule has 10 heteroatoms. The van der Waals surface area contributed by atoms with E-state index in [1.165, 1.54) is 10.4 Å². The van der Waals surface area contributed by atoms with Gasteiger partial charge >= 0.3 is 0 Å². The Kier molecular flexibility index (Phi) is 11.7. The SMILES string of the molecule is CC(C)(C)[Si](C)(C)O[C@H]1[C@H]([C@H]2OC3(CCCC3)O[C@@H]2CO[Si](c2ccccc2)(c2ccccc2)C(C)(C)C)O[C@@H]([C@H]2CO2)C[C@H]1O[Si](C)(C)C(C)(C)C. The minimum Gasteiger partial charge on any atom is -0.411 e. The van der Waals surface area contributed by atoms with Crippen LogP contribution in [0.5, 0.6) is 0 Å². The normalized spacial score (nSPS) is 29.9. The summed E-state index contributed by atoms with van der Waals surface area (Å²) in [5.41, 5.74) is 0. The van der Waals surface area contributed by atoms with Crippen molar-refractivity contribution < 1.29 is 32.2 Å². The van der Waals surface area contributed by atoms with Gasteiger partial charge < -0.3 is 32.2 Å². The molecule has 0 bridgehead atoms. The number of epoxide rings is 1. The first-order chi connectivity index (χ1) is 24.6. The lowest BCUT2D eigenvalue weighted by molar-refractivity contribution is -0.221. The molecule has 0 radical (unpaired) electrons. The number of hydrogen-bond acceptors (Lipinski definition) is 7. The molecule has 0 unspecified atom stereocenters. The van der Waals surface area contributed by atoms with Crippen LogP contribution in [0.25, 0.3) is 0 Å². The predicted octanol–water partition coefficient (Wildman–Crippen LogP) is 8.95. The Morgan fingerprint density at radius 3 is 1.64 bits per heavy atom. The van der Waals surface area contributed by atoms with E-state index < -0.39 is 42.9 Å². The summed E-state index contributed by atoms with van der Waals surface area (Å²) in [6, 6.07) is 21.8. The van der Waals surface area contributed by atoms with Crippen molar-refractivity contribution in [1.29, 1.82) is 0 Å². The summed E-state index contributed by atoms with van der Waals surface area (Å²) in [6.07, 6.45) is 3.00. The fourth-order valence-corrected chi connectivity index (χ4v) is 15.5. The first-order valence-electron chi connectivity index (χ1n) is 20.3. The molecule has 3 heterocycles. The molecule has 0 N–H and O–H groups in total. The molecule has 7 nitrogen and oxygen atoms in total. The second-order valence-electron chi connectivity index (χ2n) is 20.3. The summed E-state index contributed by atoms with van der Waals surface area (Å²) < 4.78 is 50.2. The van der Waals surface area contributed by atoms with Crippen molar-refractivity contribution in [2.75, 3.05) is 13.2 Å². The molecule has 0 amide bonds. The van der Waals surface area contributed by atoms with E-state index in [4.69, 9.17) is 32.2 Å². The molecule has 3 saturated heterocycles. The van der Waals surface area contributed by atoms with Gasteiger partial charge in [-0.1, -0.05) is 123 Å². The lowest BCUT2D eigenvalue weighted by Crippen LogP contribution is -2.67. The van der Waals surface area contributed by atoms with Crippen LogP contribution in [0, 0.1) is 0 Å². The summed E-state index contributed by atoms with van der Waals surface area (Å²) in [6.45, 7) is 31.4. The molecule has 6 rings (SSSR count). The quantitative estimate of drug-likeness (QED) is 0.167. The van der Waals surface area contributed by atoms with Gasteiger partial charge in [-0.15, -0.1) is 0 Å². The monoisotopic (exact) mass is 782 g/mol. The summed E-state index contributed by atoms with van der Waals surface area (Å²) in [5.74, 6) is -0.645. The van der Waals surface area contributed by atoms with Crippen molar-refractivity contribution in [2.45, 2.75) is 184 Å². The van der Waals surface area contributed by atoms with Crippen molar-refractivity contribution in [1.82, 2.24) is 0 Å². The standard InChI is InChI=1S/C43H70O7Si3/c1-40(2,3)51(10,11)49-34-28-33(35-29-44-35)46-39(38(34)50-52(12,13)41(4,5)6)37-36(47-43(48-37)26-20-21-27-43)30-45-53(42(7,8)9,31-22-16-14-17-23-31)32-24-18-15-19-25-32/h14-19,22-25,33-39H,20-21,26-30H2,1-13H3/t33-,34-,35-,36-,37+,38-,39+/m1/s1. The maximum atomic E-state index is 7.60. The van der Waals surface area contributed by atoms with Crippen LogP contribution in [0.3, 0.4) is 0 Å². The zero-order chi connectivity index (χ0) is 38.7. The Hall–Kier alpha value is -1.19. The second-order valence-corrected chi connectivity index (χ2v) is 34.2. The Labute approximate surface area is 324 Å². The van der Waals surface area contributed by atoms with Crippen molar-refractivity contribution in [2.24, 2.45) is 0 Å². The van der Waals surface area contributed by atoms with Crippen LogP contribution in [-0.4, -0.2) is 86.7 Å². The summed E-state index contributed by atoms with van der Waals surface area (Å²) in [4.78, 5) is 0. The van der Waals surface area contributed by atoms with Crippen LogP contribution < -0.4 is 10.4 Å². The van der Waals surface area contributed by atoms with Gasteiger partial charge in [-0.25, -0.2) is 0 Å². The van der Waals surface area contributed by atoms with Crippen LogP contribution in [0.4, 0.5) is 0 Å². The van der Waals surface area contributed by atoms with E-state index in [9.17, 15) is 0 Å². The van der Waals surface area contributed by atoms with Gasteiger partial charge in [0.1, 0.15) is 24.4 Å². The molecular formula is C43H70O7Si3. The molecule has 1 aliphatic carbocycles. The van der Waals surface area contributed by atoms with E-state index in [0.29, 0.717) is 13.2 Å². The van der Waals surface area contributed by atoms with Crippen LogP contribution in [0.15, 0.2) is 60.7 Å². The largest absolute Gasteiger partial charge is 0.411 e. The Morgan fingerprint density at radius 2 is 1.17 bits per heavy atom. The van der Waals surface area contributed by atoms with Gasteiger partial charge in [0.15, 0.2) is 22.4 Å². The topological polar surface area (TPSA) is 67.9 Å². The fourth-order valence-electron chi connectivity index (χ4n) is 8.23. The van der Waals surface area contributed by atoms with Crippen LogP contribution in [0.1, 0.15) is 94.4 Å². The third-order valence-electron chi connectivity index (χ3n) is 13.4. The lowest BCUT2D eigenvalue weighted by atomic mass is 9.91. The Balaban J connectivity index is 1.43.